The largest absolute Gasteiger partial charge is 0.478 e. The summed E-state index contributed by atoms with van der Waals surface area (Å²) in [7, 11) is 1.95. The predicted octanol–water partition coefficient (Wildman–Crippen LogP) is 2.89. The van der Waals surface area contributed by atoms with Gasteiger partial charge in [0, 0.05) is 24.2 Å². The van der Waals surface area contributed by atoms with Crippen LogP contribution in [0.15, 0.2) is 24.3 Å². The Bertz CT molecular complexity index is 621. The molecule has 0 aliphatic carbocycles. The third-order valence-corrected chi connectivity index (χ3v) is 2.90. The number of rotatable bonds is 2. The maximum absolute atomic E-state index is 10.5. The number of benzene rings is 1. The summed E-state index contributed by atoms with van der Waals surface area (Å²) in [5.41, 5.74) is 4.48. The Kier molecular flexibility index (Phi) is 2.76. The Morgan fingerprint density at radius 1 is 1.29 bits per heavy atom. The molecule has 0 saturated carbocycles. The highest BCUT2D eigenvalue weighted by atomic mass is 16.4. The molecule has 1 heterocycles. The molecule has 0 aliphatic heterocycles. The number of aryl methyl sites for hydroxylation is 3. The Hall–Kier alpha value is -2.03. The fourth-order valence-electron chi connectivity index (χ4n) is 2.26. The third-order valence-electron chi connectivity index (χ3n) is 2.90. The lowest BCUT2D eigenvalue weighted by atomic mass is 10.1. The van der Waals surface area contributed by atoms with Gasteiger partial charge in [0.2, 0.25) is 0 Å². The molecule has 0 spiro atoms. The minimum Gasteiger partial charge on any atom is -0.478 e. The Morgan fingerprint density at radius 3 is 2.65 bits per heavy atom. The molecule has 1 aromatic heterocycles. The first-order valence-electron chi connectivity index (χ1n) is 5.46. The van der Waals surface area contributed by atoms with Gasteiger partial charge in [-0.15, -0.1) is 0 Å². The van der Waals surface area contributed by atoms with Crippen molar-refractivity contribution in [3.05, 3.63) is 41.1 Å². The number of nitrogens with zero attached hydrogens (tertiary/aromatic N) is 1. The molecule has 0 radical (unpaired) electrons. The van der Waals surface area contributed by atoms with E-state index in [4.69, 9.17) is 5.11 Å². The van der Waals surface area contributed by atoms with E-state index in [-0.39, 0.29) is 0 Å². The summed E-state index contributed by atoms with van der Waals surface area (Å²) in [6.45, 7) is 4.13. The predicted molar refractivity (Wildman–Crippen MR) is 69.1 cm³/mol. The van der Waals surface area contributed by atoms with Crippen molar-refractivity contribution in [2.24, 2.45) is 7.05 Å². The van der Waals surface area contributed by atoms with Crippen LogP contribution < -0.4 is 0 Å². The molecule has 17 heavy (non-hydrogen) atoms. The molecule has 0 saturated heterocycles. The molecule has 1 aromatic carbocycles. The standard InChI is InChI=1S/C14H15NO2/c1-9-6-10(2)14-11(7-9)8-12(15(14)3)4-5-13(16)17/h4-8H,1-3H3,(H,16,17)/b5-4+. The van der Waals surface area contributed by atoms with Crippen molar-refractivity contribution in [2.45, 2.75) is 13.8 Å². The van der Waals surface area contributed by atoms with Gasteiger partial charge in [-0.1, -0.05) is 11.6 Å². The molecule has 2 rings (SSSR count). The van der Waals surface area contributed by atoms with E-state index in [9.17, 15) is 4.79 Å². The van der Waals surface area contributed by atoms with Crippen molar-refractivity contribution >= 4 is 22.9 Å². The number of carbonyl (C=O) groups is 1. The first-order chi connectivity index (χ1) is 7.99. The monoisotopic (exact) mass is 229 g/mol. The molecular formula is C14H15NO2. The lowest BCUT2D eigenvalue weighted by Crippen LogP contribution is -1.93. The SMILES string of the molecule is Cc1cc(C)c2c(c1)cc(/C=C/C(=O)O)n2C. The minimum absolute atomic E-state index is 0.899. The second kappa shape index (κ2) is 4.09. The molecule has 3 heteroatoms. The average Bonchev–Trinajstić information content (AvgIpc) is 2.52. The summed E-state index contributed by atoms with van der Waals surface area (Å²) in [4.78, 5) is 10.5. The lowest BCUT2D eigenvalue weighted by Gasteiger charge is -2.04. The Labute approximate surface area is 100.0 Å². The van der Waals surface area contributed by atoms with E-state index in [1.54, 1.807) is 6.08 Å². The van der Waals surface area contributed by atoms with Crippen LogP contribution in [0.3, 0.4) is 0 Å². The molecule has 0 amide bonds. The van der Waals surface area contributed by atoms with E-state index in [2.05, 4.69) is 26.0 Å². The summed E-state index contributed by atoms with van der Waals surface area (Å²) in [5, 5.41) is 9.79. The van der Waals surface area contributed by atoms with Gasteiger partial charge in [0.1, 0.15) is 0 Å². The van der Waals surface area contributed by atoms with Gasteiger partial charge in [-0.3, -0.25) is 0 Å². The van der Waals surface area contributed by atoms with Gasteiger partial charge in [-0.25, -0.2) is 4.79 Å². The summed E-state index contributed by atoms with van der Waals surface area (Å²) >= 11 is 0. The lowest BCUT2D eigenvalue weighted by molar-refractivity contribution is -0.131. The molecule has 1 N–H and O–H groups in total. The van der Waals surface area contributed by atoms with E-state index in [0.717, 1.165) is 22.7 Å². The summed E-state index contributed by atoms with van der Waals surface area (Å²) in [6, 6.07) is 6.25. The highest BCUT2D eigenvalue weighted by Gasteiger charge is 2.06. The van der Waals surface area contributed by atoms with Crippen LogP contribution in [0.25, 0.3) is 17.0 Å². The fraction of sp³-hybridized carbons (Fsp3) is 0.214. The van der Waals surface area contributed by atoms with Gasteiger partial charge >= 0.3 is 5.97 Å². The molecule has 3 nitrogen and oxygen atoms in total. The number of fused-ring (bicyclic) bond motifs is 1. The second-order valence-electron chi connectivity index (χ2n) is 4.32. The summed E-state index contributed by atoms with van der Waals surface area (Å²) in [5.74, 6) is -0.928. The van der Waals surface area contributed by atoms with Gasteiger partial charge in [-0.05, 0) is 37.6 Å². The van der Waals surface area contributed by atoms with Crippen molar-refractivity contribution in [2.75, 3.05) is 0 Å². The first kappa shape index (κ1) is 11.5. The number of hydrogen-bond acceptors (Lipinski definition) is 1. The van der Waals surface area contributed by atoms with Crippen LogP contribution in [0.2, 0.25) is 0 Å². The molecule has 2 aromatic rings. The number of carboxylic acid groups (broad SMARTS) is 1. The van der Waals surface area contributed by atoms with E-state index in [1.807, 2.05) is 17.7 Å². The van der Waals surface area contributed by atoms with Gasteiger partial charge < -0.3 is 9.67 Å². The quantitative estimate of drug-likeness (QED) is 0.804. The summed E-state index contributed by atoms with van der Waals surface area (Å²) in [6.07, 6.45) is 2.79. The fourth-order valence-corrected chi connectivity index (χ4v) is 2.26. The van der Waals surface area contributed by atoms with Crippen LogP contribution in [0.4, 0.5) is 0 Å². The second-order valence-corrected chi connectivity index (χ2v) is 4.32. The Balaban J connectivity index is 2.64. The number of aromatic nitrogens is 1. The molecule has 0 aliphatic rings. The van der Waals surface area contributed by atoms with Gasteiger partial charge in [0.15, 0.2) is 0 Å². The smallest absolute Gasteiger partial charge is 0.328 e. The first-order valence-corrected chi connectivity index (χ1v) is 5.46. The van der Waals surface area contributed by atoms with Crippen LogP contribution in [0, 0.1) is 13.8 Å². The highest BCUT2D eigenvalue weighted by Crippen LogP contribution is 2.24. The number of carboxylic acids is 1. The van der Waals surface area contributed by atoms with E-state index in [0.29, 0.717) is 0 Å². The Morgan fingerprint density at radius 2 is 2.00 bits per heavy atom. The van der Waals surface area contributed by atoms with Crippen LogP contribution in [-0.2, 0) is 11.8 Å². The maximum Gasteiger partial charge on any atom is 0.328 e. The zero-order valence-corrected chi connectivity index (χ0v) is 10.2. The van der Waals surface area contributed by atoms with Crippen molar-refractivity contribution in [3.63, 3.8) is 0 Å². The number of hydrogen-bond donors (Lipinski definition) is 1. The molecule has 88 valence electrons. The molecule has 0 unspecified atom stereocenters. The van der Waals surface area contributed by atoms with E-state index < -0.39 is 5.97 Å². The van der Waals surface area contributed by atoms with Crippen LogP contribution in [-0.4, -0.2) is 15.6 Å². The maximum atomic E-state index is 10.5. The van der Waals surface area contributed by atoms with Crippen LogP contribution in [0.1, 0.15) is 16.8 Å². The van der Waals surface area contributed by atoms with Crippen LogP contribution in [0.5, 0.6) is 0 Å². The van der Waals surface area contributed by atoms with E-state index in [1.165, 1.54) is 11.1 Å². The van der Waals surface area contributed by atoms with E-state index >= 15 is 0 Å². The zero-order chi connectivity index (χ0) is 12.6. The van der Waals surface area contributed by atoms with Crippen molar-refractivity contribution in [3.8, 4) is 0 Å². The number of aliphatic carboxylic acids is 1. The highest BCUT2D eigenvalue weighted by molar-refractivity contribution is 5.90. The topological polar surface area (TPSA) is 42.2 Å². The summed E-state index contributed by atoms with van der Waals surface area (Å²) < 4.78 is 2.02. The third kappa shape index (κ3) is 2.09. The van der Waals surface area contributed by atoms with Gasteiger partial charge in [0.05, 0.1) is 5.52 Å². The van der Waals surface area contributed by atoms with Crippen molar-refractivity contribution in [1.82, 2.24) is 4.57 Å². The molecule has 0 bridgehead atoms. The van der Waals surface area contributed by atoms with Crippen molar-refractivity contribution < 1.29 is 9.90 Å². The molecule has 0 fully saturated rings. The minimum atomic E-state index is -0.928. The van der Waals surface area contributed by atoms with Gasteiger partial charge in [0.25, 0.3) is 0 Å². The van der Waals surface area contributed by atoms with Crippen LogP contribution >= 0.6 is 0 Å². The average molecular weight is 229 g/mol. The van der Waals surface area contributed by atoms with Gasteiger partial charge in [-0.2, -0.15) is 0 Å². The molecule has 0 atom stereocenters. The normalized spacial score (nSPS) is 11.5. The molecular weight excluding hydrogens is 214 g/mol. The zero-order valence-electron chi connectivity index (χ0n) is 10.2. The van der Waals surface area contributed by atoms with Crippen molar-refractivity contribution in [1.29, 1.82) is 0 Å².